The van der Waals surface area contributed by atoms with E-state index in [4.69, 9.17) is 14.2 Å². The SMILES string of the molecule is COCCOCOC(=O)CCC1CCCCC1. The highest BCUT2D eigenvalue weighted by Gasteiger charge is 2.15. The lowest BCUT2D eigenvalue weighted by molar-refractivity contribution is -0.157. The molecule has 0 aliphatic heterocycles. The average molecular weight is 244 g/mol. The Hall–Kier alpha value is -0.610. The fraction of sp³-hybridized carbons (Fsp3) is 0.923. The molecule has 0 saturated heterocycles. The molecule has 0 spiro atoms. The Kier molecular flexibility index (Phi) is 8.01. The highest BCUT2D eigenvalue weighted by Crippen LogP contribution is 2.27. The van der Waals surface area contributed by atoms with Crippen LogP contribution in [-0.2, 0) is 19.0 Å². The zero-order valence-corrected chi connectivity index (χ0v) is 10.8. The predicted molar refractivity (Wildman–Crippen MR) is 64.6 cm³/mol. The molecule has 0 aromatic rings. The summed E-state index contributed by atoms with van der Waals surface area (Å²) < 4.78 is 14.8. The maximum atomic E-state index is 11.4. The first kappa shape index (κ1) is 14.5. The van der Waals surface area contributed by atoms with Crippen molar-refractivity contribution in [3.63, 3.8) is 0 Å². The van der Waals surface area contributed by atoms with E-state index < -0.39 is 0 Å². The summed E-state index contributed by atoms with van der Waals surface area (Å²) in [5.74, 6) is 0.582. The molecule has 0 aromatic carbocycles. The van der Waals surface area contributed by atoms with E-state index in [1.54, 1.807) is 7.11 Å². The van der Waals surface area contributed by atoms with Gasteiger partial charge in [-0.05, 0) is 12.3 Å². The van der Waals surface area contributed by atoms with Crippen LogP contribution in [0.5, 0.6) is 0 Å². The third-order valence-corrected chi connectivity index (χ3v) is 3.22. The van der Waals surface area contributed by atoms with Crippen molar-refractivity contribution < 1.29 is 19.0 Å². The van der Waals surface area contributed by atoms with E-state index in [-0.39, 0.29) is 12.8 Å². The summed E-state index contributed by atoms with van der Waals surface area (Å²) in [5.41, 5.74) is 0. The number of ether oxygens (including phenoxy) is 3. The van der Waals surface area contributed by atoms with Gasteiger partial charge in [0, 0.05) is 13.5 Å². The summed E-state index contributed by atoms with van der Waals surface area (Å²) in [7, 11) is 1.61. The molecule has 0 bridgehead atoms. The lowest BCUT2D eigenvalue weighted by Gasteiger charge is -2.20. The van der Waals surface area contributed by atoms with Gasteiger partial charge in [-0.25, -0.2) is 0 Å². The number of carbonyl (C=O) groups is 1. The first-order chi connectivity index (χ1) is 8.33. The van der Waals surface area contributed by atoms with Crippen LogP contribution < -0.4 is 0 Å². The normalized spacial score (nSPS) is 17.0. The largest absolute Gasteiger partial charge is 0.438 e. The molecule has 0 amide bonds. The Labute approximate surface area is 104 Å². The summed E-state index contributed by atoms with van der Waals surface area (Å²) in [4.78, 5) is 11.4. The minimum Gasteiger partial charge on any atom is -0.438 e. The average Bonchev–Trinajstić information content (AvgIpc) is 2.37. The van der Waals surface area contributed by atoms with Gasteiger partial charge in [0.2, 0.25) is 0 Å². The molecule has 1 fully saturated rings. The number of hydrogen-bond acceptors (Lipinski definition) is 4. The molecule has 100 valence electrons. The number of methoxy groups -OCH3 is 1. The van der Waals surface area contributed by atoms with Crippen LogP contribution in [0, 0.1) is 5.92 Å². The van der Waals surface area contributed by atoms with Crippen molar-refractivity contribution in [1.29, 1.82) is 0 Å². The molecule has 4 nitrogen and oxygen atoms in total. The maximum absolute atomic E-state index is 11.4. The van der Waals surface area contributed by atoms with Gasteiger partial charge in [-0.2, -0.15) is 0 Å². The fourth-order valence-electron chi connectivity index (χ4n) is 2.18. The molecule has 0 radical (unpaired) electrons. The molecular formula is C13H24O4. The number of carbonyl (C=O) groups excluding carboxylic acids is 1. The van der Waals surface area contributed by atoms with Crippen molar-refractivity contribution in [1.82, 2.24) is 0 Å². The lowest BCUT2D eigenvalue weighted by Crippen LogP contribution is -2.13. The van der Waals surface area contributed by atoms with Gasteiger partial charge in [0.15, 0.2) is 6.79 Å². The molecule has 0 unspecified atom stereocenters. The lowest BCUT2D eigenvalue weighted by atomic mass is 9.86. The zero-order chi connectivity index (χ0) is 12.3. The zero-order valence-electron chi connectivity index (χ0n) is 10.8. The Morgan fingerprint density at radius 1 is 1.18 bits per heavy atom. The second-order valence-electron chi connectivity index (χ2n) is 4.58. The van der Waals surface area contributed by atoms with Gasteiger partial charge in [-0.3, -0.25) is 4.79 Å². The smallest absolute Gasteiger partial charge is 0.307 e. The molecule has 1 aliphatic carbocycles. The van der Waals surface area contributed by atoms with E-state index in [2.05, 4.69) is 0 Å². The molecular weight excluding hydrogens is 220 g/mol. The van der Waals surface area contributed by atoms with Gasteiger partial charge in [0.1, 0.15) is 0 Å². The minimum atomic E-state index is -0.145. The van der Waals surface area contributed by atoms with Crippen LogP contribution >= 0.6 is 0 Å². The third kappa shape index (κ3) is 7.34. The topological polar surface area (TPSA) is 44.8 Å². The van der Waals surface area contributed by atoms with Crippen LogP contribution in [0.3, 0.4) is 0 Å². The van der Waals surface area contributed by atoms with Crippen molar-refractivity contribution in [2.75, 3.05) is 27.1 Å². The quantitative estimate of drug-likeness (QED) is 0.374. The highest BCUT2D eigenvalue weighted by molar-refractivity contribution is 5.69. The van der Waals surface area contributed by atoms with Crippen molar-refractivity contribution >= 4 is 5.97 Å². The molecule has 0 heterocycles. The first-order valence-corrected chi connectivity index (χ1v) is 6.55. The summed E-state index contributed by atoms with van der Waals surface area (Å²) in [6.45, 7) is 1.04. The number of hydrogen-bond donors (Lipinski definition) is 0. The van der Waals surface area contributed by atoms with Gasteiger partial charge in [-0.15, -0.1) is 0 Å². The van der Waals surface area contributed by atoms with Gasteiger partial charge >= 0.3 is 5.97 Å². The Morgan fingerprint density at radius 3 is 2.65 bits per heavy atom. The third-order valence-electron chi connectivity index (χ3n) is 3.22. The summed E-state index contributed by atoms with van der Waals surface area (Å²) in [5, 5.41) is 0. The van der Waals surface area contributed by atoms with Crippen LogP contribution in [0.4, 0.5) is 0 Å². The first-order valence-electron chi connectivity index (χ1n) is 6.55. The van der Waals surface area contributed by atoms with E-state index in [1.165, 1.54) is 32.1 Å². The second-order valence-corrected chi connectivity index (χ2v) is 4.58. The van der Waals surface area contributed by atoms with E-state index in [0.717, 1.165) is 12.3 Å². The Balaban J connectivity index is 1.93. The van der Waals surface area contributed by atoms with E-state index in [1.807, 2.05) is 0 Å². The van der Waals surface area contributed by atoms with Gasteiger partial charge in [0.25, 0.3) is 0 Å². The van der Waals surface area contributed by atoms with Crippen molar-refractivity contribution in [3.05, 3.63) is 0 Å². The fourth-order valence-corrected chi connectivity index (χ4v) is 2.18. The minimum absolute atomic E-state index is 0.0485. The summed E-state index contributed by atoms with van der Waals surface area (Å²) in [6, 6.07) is 0. The van der Waals surface area contributed by atoms with E-state index in [9.17, 15) is 4.79 Å². The predicted octanol–water partition coefficient (Wildman–Crippen LogP) is 2.51. The molecule has 17 heavy (non-hydrogen) atoms. The van der Waals surface area contributed by atoms with E-state index >= 15 is 0 Å². The molecule has 1 aliphatic rings. The number of esters is 1. The Bertz CT molecular complexity index is 200. The molecule has 4 heteroatoms. The van der Waals surface area contributed by atoms with Crippen molar-refractivity contribution in [3.8, 4) is 0 Å². The van der Waals surface area contributed by atoms with E-state index in [0.29, 0.717) is 19.6 Å². The monoisotopic (exact) mass is 244 g/mol. The van der Waals surface area contributed by atoms with Crippen molar-refractivity contribution in [2.45, 2.75) is 44.9 Å². The van der Waals surface area contributed by atoms with Crippen molar-refractivity contribution in [2.24, 2.45) is 5.92 Å². The van der Waals surface area contributed by atoms with Crippen LogP contribution in [-0.4, -0.2) is 33.1 Å². The van der Waals surface area contributed by atoms with Crippen LogP contribution in [0.25, 0.3) is 0 Å². The standard InChI is InChI=1S/C13H24O4/c1-15-9-10-16-11-17-13(14)8-7-12-5-3-2-4-6-12/h12H,2-11H2,1H3. The van der Waals surface area contributed by atoms with Crippen LogP contribution in [0.2, 0.25) is 0 Å². The van der Waals surface area contributed by atoms with Gasteiger partial charge in [-0.1, -0.05) is 32.1 Å². The summed E-state index contributed by atoms with van der Waals surface area (Å²) >= 11 is 0. The van der Waals surface area contributed by atoms with Gasteiger partial charge < -0.3 is 14.2 Å². The highest BCUT2D eigenvalue weighted by atomic mass is 16.7. The van der Waals surface area contributed by atoms with Crippen LogP contribution in [0.15, 0.2) is 0 Å². The van der Waals surface area contributed by atoms with Crippen LogP contribution in [0.1, 0.15) is 44.9 Å². The molecule has 1 saturated carbocycles. The molecule has 0 N–H and O–H groups in total. The molecule has 0 atom stereocenters. The van der Waals surface area contributed by atoms with Gasteiger partial charge in [0.05, 0.1) is 13.2 Å². The number of rotatable bonds is 8. The molecule has 1 rings (SSSR count). The Morgan fingerprint density at radius 2 is 1.94 bits per heavy atom. The summed E-state index contributed by atoms with van der Waals surface area (Å²) in [6.07, 6.45) is 8.04. The maximum Gasteiger partial charge on any atom is 0.307 e. The molecule has 0 aromatic heterocycles. The second kappa shape index (κ2) is 9.42.